The molecule has 1 fully saturated rings. The molecule has 0 bridgehead atoms. The maximum Gasteiger partial charge on any atom is 0.409 e. The summed E-state index contributed by atoms with van der Waals surface area (Å²) in [4.78, 5) is 38.0. The van der Waals surface area contributed by atoms with Gasteiger partial charge in [-0.3, -0.25) is 4.79 Å². The molecule has 0 atom stereocenters. The maximum absolute atomic E-state index is 12.4. The van der Waals surface area contributed by atoms with E-state index in [1.165, 1.54) is 6.33 Å². The van der Waals surface area contributed by atoms with Crippen LogP contribution in [0.2, 0.25) is 0 Å². The Kier molecular flexibility index (Phi) is 6.34. The Bertz CT molecular complexity index is 569. The summed E-state index contributed by atoms with van der Waals surface area (Å²) in [5.41, 5.74) is 0.400. The smallest absolute Gasteiger partial charge is 0.409 e. The summed E-state index contributed by atoms with van der Waals surface area (Å²) in [5, 5.41) is 0. The lowest BCUT2D eigenvalue weighted by molar-refractivity contribution is 0.0767. The number of hydrogen-bond donors (Lipinski definition) is 0. The topological polar surface area (TPSA) is 78.9 Å². The standard InChI is InChI=1S/C16H25N5O3/c1-4-19(5-2)15(22)13-11-14(18-12-17-13)20-7-9-21(10-8-20)16(23)24-6-3/h11-12H,4-10H2,1-3H3. The SMILES string of the molecule is CCOC(=O)N1CCN(c2cc(C(=O)N(CC)CC)ncn2)CC1. The van der Waals surface area contributed by atoms with Gasteiger partial charge in [0.1, 0.15) is 17.8 Å². The van der Waals surface area contributed by atoms with E-state index in [-0.39, 0.29) is 12.0 Å². The largest absolute Gasteiger partial charge is 0.450 e. The number of ether oxygens (including phenoxy) is 1. The molecule has 0 saturated carbocycles. The second kappa shape index (κ2) is 8.47. The van der Waals surface area contributed by atoms with E-state index >= 15 is 0 Å². The molecule has 0 radical (unpaired) electrons. The fraction of sp³-hybridized carbons (Fsp3) is 0.625. The minimum atomic E-state index is -0.280. The van der Waals surface area contributed by atoms with E-state index < -0.39 is 0 Å². The van der Waals surface area contributed by atoms with Gasteiger partial charge in [0.25, 0.3) is 5.91 Å². The summed E-state index contributed by atoms with van der Waals surface area (Å²) >= 11 is 0. The van der Waals surface area contributed by atoms with Crippen molar-refractivity contribution in [2.75, 3.05) is 50.8 Å². The van der Waals surface area contributed by atoms with Crippen molar-refractivity contribution in [3.63, 3.8) is 0 Å². The third-order valence-corrected chi connectivity index (χ3v) is 4.05. The number of rotatable bonds is 5. The molecule has 0 unspecified atom stereocenters. The highest BCUT2D eigenvalue weighted by molar-refractivity contribution is 5.92. The Morgan fingerprint density at radius 2 is 1.79 bits per heavy atom. The molecule has 24 heavy (non-hydrogen) atoms. The molecule has 2 heterocycles. The van der Waals surface area contributed by atoms with Gasteiger partial charge in [-0.25, -0.2) is 14.8 Å². The number of aromatic nitrogens is 2. The fourth-order valence-corrected chi connectivity index (χ4v) is 2.64. The summed E-state index contributed by atoms with van der Waals surface area (Å²) < 4.78 is 5.02. The van der Waals surface area contributed by atoms with Crippen LogP contribution in [-0.2, 0) is 4.74 Å². The minimum Gasteiger partial charge on any atom is -0.450 e. The van der Waals surface area contributed by atoms with Crippen LogP contribution in [0.1, 0.15) is 31.3 Å². The second-order valence-corrected chi connectivity index (χ2v) is 5.41. The first kappa shape index (κ1) is 18.0. The average molecular weight is 335 g/mol. The highest BCUT2D eigenvalue weighted by atomic mass is 16.6. The van der Waals surface area contributed by atoms with Gasteiger partial charge in [0.05, 0.1) is 6.61 Å². The molecule has 8 heteroatoms. The van der Waals surface area contributed by atoms with E-state index in [2.05, 4.69) is 14.9 Å². The minimum absolute atomic E-state index is 0.0891. The van der Waals surface area contributed by atoms with Crippen LogP contribution in [0.4, 0.5) is 10.6 Å². The Labute approximate surface area is 142 Å². The summed E-state index contributed by atoms with van der Waals surface area (Å²) in [6.45, 7) is 9.79. The van der Waals surface area contributed by atoms with Gasteiger partial charge in [0, 0.05) is 45.3 Å². The van der Waals surface area contributed by atoms with Crippen LogP contribution < -0.4 is 4.90 Å². The van der Waals surface area contributed by atoms with Crippen molar-refractivity contribution in [2.24, 2.45) is 0 Å². The Morgan fingerprint density at radius 1 is 1.12 bits per heavy atom. The summed E-state index contributed by atoms with van der Waals surface area (Å²) in [7, 11) is 0. The van der Waals surface area contributed by atoms with Crippen LogP contribution in [-0.4, -0.2) is 77.6 Å². The third-order valence-electron chi connectivity index (χ3n) is 4.05. The number of piperazine rings is 1. The number of carbonyl (C=O) groups excluding carboxylic acids is 2. The van der Waals surface area contributed by atoms with Crippen LogP contribution in [0.3, 0.4) is 0 Å². The van der Waals surface area contributed by atoms with Crippen molar-refractivity contribution in [1.29, 1.82) is 0 Å². The predicted molar refractivity (Wildman–Crippen MR) is 90.1 cm³/mol. The molecule has 0 spiro atoms. The zero-order valence-corrected chi connectivity index (χ0v) is 14.6. The van der Waals surface area contributed by atoms with Crippen molar-refractivity contribution in [3.8, 4) is 0 Å². The Balaban J connectivity index is 2.02. The first-order valence-electron chi connectivity index (χ1n) is 8.38. The van der Waals surface area contributed by atoms with E-state index in [1.807, 2.05) is 13.8 Å². The maximum atomic E-state index is 12.4. The van der Waals surface area contributed by atoms with Gasteiger partial charge in [-0.1, -0.05) is 0 Å². The lowest BCUT2D eigenvalue weighted by atomic mass is 10.3. The number of hydrogen-bond acceptors (Lipinski definition) is 6. The van der Waals surface area contributed by atoms with Crippen molar-refractivity contribution >= 4 is 17.8 Å². The molecule has 1 aliphatic heterocycles. The van der Waals surface area contributed by atoms with Gasteiger partial charge < -0.3 is 19.4 Å². The molecule has 8 nitrogen and oxygen atoms in total. The van der Waals surface area contributed by atoms with Crippen LogP contribution in [0, 0.1) is 0 Å². The van der Waals surface area contributed by atoms with E-state index in [4.69, 9.17) is 4.74 Å². The number of nitrogens with zero attached hydrogens (tertiary/aromatic N) is 5. The van der Waals surface area contributed by atoms with Crippen molar-refractivity contribution < 1.29 is 14.3 Å². The van der Waals surface area contributed by atoms with Crippen LogP contribution in [0.5, 0.6) is 0 Å². The molecule has 2 rings (SSSR count). The van der Waals surface area contributed by atoms with Gasteiger partial charge in [-0.15, -0.1) is 0 Å². The summed E-state index contributed by atoms with van der Waals surface area (Å²) in [6, 6.07) is 1.72. The molecule has 0 aliphatic carbocycles. The zero-order valence-electron chi connectivity index (χ0n) is 14.6. The second-order valence-electron chi connectivity index (χ2n) is 5.41. The highest BCUT2D eigenvalue weighted by Gasteiger charge is 2.23. The zero-order chi connectivity index (χ0) is 17.5. The fourth-order valence-electron chi connectivity index (χ4n) is 2.64. The molecule has 2 amide bonds. The molecule has 132 valence electrons. The van der Waals surface area contributed by atoms with Gasteiger partial charge in [0.15, 0.2) is 0 Å². The molecular formula is C16H25N5O3. The first-order chi connectivity index (χ1) is 11.6. The van der Waals surface area contributed by atoms with Crippen molar-refractivity contribution in [3.05, 3.63) is 18.1 Å². The molecule has 0 aromatic carbocycles. The summed E-state index contributed by atoms with van der Waals surface area (Å²) in [5.74, 6) is 0.623. The Hall–Kier alpha value is -2.38. The van der Waals surface area contributed by atoms with Gasteiger partial charge in [0.2, 0.25) is 0 Å². The molecule has 1 aromatic rings. The molecule has 1 saturated heterocycles. The molecule has 1 aromatic heterocycles. The van der Waals surface area contributed by atoms with Crippen LogP contribution in [0.25, 0.3) is 0 Å². The van der Waals surface area contributed by atoms with E-state index in [1.54, 1.807) is 22.8 Å². The lowest BCUT2D eigenvalue weighted by Crippen LogP contribution is -2.49. The molecule has 1 aliphatic rings. The third kappa shape index (κ3) is 4.12. The van der Waals surface area contributed by atoms with Crippen molar-refractivity contribution in [1.82, 2.24) is 19.8 Å². The average Bonchev–Trinajstić information content (AvgIpc) is 2.63. The first-order valence-corrected chi connectivity index (χ1v) is 8.38. The Morgan fingerprint density at radius 3 is 2.38 bits per heavy atom. The van der Waals surface area contributed by atoms with Crippen LogP contribution in [0.15, 0.2) is 12.4 Å². The normalized spacial score (nSPS) is 14.5. The number of amides is 2. The molecular weight excluding hydrogens is 310 g/mol. The molecule has 0 N–H and O–H groups in total. The van der Waals surface area contributed by atoms with E-state index in [9.17, 15) is 9.59 Å². The van der Waals surface area contributed by atoms with Crippen molar-refractivity contribution in [2.45, 2.75) is 20.8 Å². The number of carbonyl (C=O) groups is 2. The number of anilines is 1. The van der Waals surface area contributed by atoms with Crippen LogP contribution >= 0.6 is 0 Å². The van der Waals surface area contributed by atoms with Gasteiger partial charge in [-0.2, -0.15) is 0 Å². The summed E-state index contributed by atoms with van der Waals surface area (Å²) in [6.07, 6.45) is 1.14. The van der Waals surface area contributed by atoms with Gasteiger partial charge >= 0.3 is 6.09 Å². The monoisotopic (exact) mass is 335 g/mol. The highest BCUT2D eigenvalue weighted by Crippen LogP contribution is 2.15. The predicted octanol–water partition coefficient (Wildman–Crippen LogP) is 1.24. The lowest BCUT2D eigenvalue weighted by Gasteiger charge is -2.34. The van der Waals surface area contributed by atoms with Gasteiger partial charge in [-0.05, 0) is 20.8 Å². The van der Waals surface area contributed by atoms with E-state index in [0.29, 0.717) is 57.4 Å². The quantitative estimate of drug-likeness (QED) is 0.805. The van der Waals surface area contributed by atoms with E-state index in [0.717, 1.165) is 0 Å².